The van der Waals surface area contributed by atoms with Crippen LogP contribution in [0.15, 0.2) is 63.5 Å². The molecule has 5 rings (SSSR count). The summed E-state index contributed by atoms with van der Waals surface area (Å²) in [7, 11) is -7.74. The Bertz CT molecular complexity index is 1730. The molecule has 0 spiro atoms. The molecular weight excluding hydrogens is 502 g/mol. The van der Waals surface area contributed by atoms with Crippen LogP contribution in [0.5, 0.6) is 0 Å². The van der Waals surface area contributed by atoms with E-state index in [1.807, 2.05) is 12.1 Å². The van der Waals surface area contributed by atoms with Crippen LogP contribution >= 0.6 is 11.6 Å². The van der Waals surface area contributed by atoms with Gasteiger partial charge in [-0.2, -0.15) is 4.98 Å². The first-order valence-corrected chi connectivity index (χ1v) is 13.9. The highest BCUT2D eigenvalue weighted by Gasteiger charge is 2.30. The number of aromatic amines is 1. The maximum Gasteiger partial charge on any atom is 0.332 e. The molecule has 2 aromatic heterocycles. The van der Waals surface area contributed by atoms with Crippen molar-refractivity contribution in [2.75, 3.05) is 17.1 Å². The number of aromatic nitrogens is 4. The maximum atomic E-state index is 13.6. The molecule has 3 heterocycles. The number of imidazole rings is 1. The van der Waals surface area contributed by atoms with Crippen molar-refractivity contribution in [2.45, 2.75) is 22.9 Å². The van der Waals surface area contributed by atoms with Crippen molar-refractivity contribution in [1.29, 1.82) is 0 Å². The molecule has 0 unspecified atom stereocenters. The van der Waals surface area contributed by atoms with Crippen LogP contribution in [0.25, 0.3) is 16.9 Å². The van der Waals surface area contributed by atoms with Gasteiger partial charge >= 0.3 is 5.69 Å². The lowest BCUT2D eigenvalue weighted by Gasteiger charge is -2.30. The summed E-state index contributed by atoms with van der Waals surface area (Å²) in [5, 5.41) is -0.391. The number of benzene rings is 2. The highest BCUT2D eigenvalue weighted by molar-refractivity contribution is 7.92. The minimum absolute atomic E-state index is 0.0415. The number of H-pyrrole nitrogens is 1. The first kappa shape index (κ1) is 22.6. The van der Waals surface area contributed by atoms with Crippen molar-refractivity contribution >= 4 is 48.3 Å². The fourth-order valence-corrected chi connectivity index (χ4v) is 6.25. The van der Waals surface area contributed by atoms with E-state index in [0.717, 1.165) is 22.8 Å². The predicted octanol–water partition coefficient (Wildman–Crippen LogP) is 2.31. The van der Waals surface area contributed by atoms with Crippen molar-refractivity contribution in [1.82, 2.24) is 19.5 Å². The zero-order valence-corrected chi connectivity index (χ0v) is 20.2. The van der Waals surface area contributed by atoms with E-state index < -0.39 is 30.7 Å². The van der Waals surface area contributed by atoms with Crippen LogP contribution in [0.1, 0.15) is 12.0 Å². The summed E-state index contributed by atoms with van der Waals surface area (Å²) >= 11 is 6.36. The molecule has 1 N–H and O–H groups in total. The summed E-state index contributed by atoms with van der Waals surface area (Å²) < 4.78 is 53.4. The Morgan fingerprint density at radius 2 is 1.82 bits per heavy atom. The van der Waals surface area contributed by atoms with E-state index in [1.165, 1.54) is 28.7 Å². The quantitative estimate of drug-likeness (QED) is 0.409. The summed E-state index contributed by atoms with van der Waals surface area (Å²) in [4.78, 5) is 23.0. The minimum Gasteiger partial charge on any atom is -0.303 e. The Hall–Kier alpha value is -3.22. The summed E-state index contributed by atoms with van der Waals surface area (Å²) in [6.07, 6.45) is 3.57. The molecule has 1 aliphatic rings. The standard InChI is InChI=1S/C21H18ClN5O5S2/c1-33(29,30)20-23-12-16-19(25-20)27(21(28)24-16)18-11-14(8-9-15(18)22)34(31,32)26-10-4-6-13-5-2-3-7-17(13)26/h2-3,5,7-9,11-12H,4,6,10H2,1H3,(H,24,28). The van der Waals surface area contributed by atoms with E-state index >= 15 is 0 Å². The number of nitrogens with one attached hydrogen (secondary N) is 1. The topological polar surface area (TPSA) is 135 Å². The van der Waals surface area contributed by atoms with Crippen LogP contribution < -0.4 is 9.99 Å². The molecule has 10 nitrogen and oxygen atoms in total. The second kappa shape index (κ2) is 7.93. The number of halogens is 1. The monoisotopic (exact) mass is 519 g/mol. The number of fused-ring (bicyclic) bond motifs is 2. The average molecular weight is 520 g/mol. The SMILES string of the molecule is CS(=O)(=O)c1ncc2[nH]c(=O)n(-c3cc(S(=O)(=O)N4CCCc5ccccc54)ccc3Cl)c2n1. The molecule has 4 aromatic rings. The van der Waals surface area contributed by atoms with E-state index in [-0.39, 0.29) is 26.8 Å². The molecule has 0 fully saturated rings. The third kappa shape index (κ3) is 3.67. The second-order valence-corrected chi connectivity index (χ2v) is 12.0. The van der Waals surface area contributed by atoms with Gasteiger partial charge in [0.1, 0.15) is 5.52 Å². The Morgan fingerprint density at radius 3 is 2.59 bits per heavy atom. The fourth-order valence-electron chi connectivity index (χ4n) is 3.99. The van der Waals surface area contributed by atoms with E-state index in [4.69, 9.17) is 11.6 Å². The Kier molecular flexibility index (Phi) is 5.26. The van der Waals surface area contributed by atoms with Gasteiger partial charge in [0.15, 0.2) is 5.65 Å². The van der Waals surface area contributed by atoms with Gasteiger partial charge in [-0.1, -0.05) is 29.8 Å². The van der Waals surface area contributed by atoms with Crippen LogP contribution in [0.3, 0.4) is 0 Å². The summed E-state index contributed by atoms with van der Waals surface area (Å²) in [5.74, 6) is 0. The molecule has 13 heteroatoms. The smallest absolute Gasteiger partial charge is 0.303 e. The van der Waals surface area contributed by atoms with Crippen molar-refractivity contribution in [3.8, 4) is 5.69 Å². The molecule has 0 atom stereocenters. The molecule has 0 aliphatic carbocycles. The Morgan fingerprint density at radius 1 is 1.06 bits per heavy atom. The molecule has 0 bridgehead atoms. The molecule has 0 saturated heterocycles. The molecule has 0 saturated carbocycles. The molecule has 2 aromatic carbocycles. The fraction of sp³-hybridized carbons (Fsp3) is 0.190. The lowest BCUT2D eigenvalue weighted by molar-refractivity contribution is 0.586. The van der Waals surface area contributed by atoms with Gasteiger partial charge < -0.3 is 4.98 Å². The largest absolute Gasteiger partial charge is 0.332 e. The van der Waals surface area contributed by atoms with Gasteiger partial charge in [-0.3, -0.25) is 4.31 Å². The molecule has 176 valence electrons. The van der Waals surface area contributed by atoms with E-state index in [1.54, 1.807) is 12.1 Å². The van der Waals surface area contributed by atoms with Gasteiger partial charge in [-0.25, -0.2) is 31.2 Å². The second-order valence-electron chi connectivity index (χ2n) is 7.85. The molecule has 0 radical (unpaired) electrons. The van der Waals surface area contributed by atoms with Gasteiger partial charge in [-0.05, 0) is 42.7 Å². The van der Waals surface area contributed by atoms with Crippen LogP contribution in [0, 0.1) is 0 Å². The van der Waals surface area contributed by atoms with E-state index in [9.17, 15) is 21.6 Å². The maximum absolute atomic E-state index is 13.6. The Balaban J connectivity index is 1.69. The average Bonchev–Trinajstić information content (AvgIpc) is 3.13. The number of sulfone groups is 1. The van der Waals surface area contributed by atoms with Gasteiger partial charge in [0.25, 0.3) is 10.0 Å². The van der Waals surface area contributed by atoms with Crippen molar-refractivity contribution in [3.63, 3.8) is 0 Å². The van der Waals surface area contributed by atoms with E-state index in [2.05, 4.69) is 15.0 Å². The lowest BCUT2D eigenvalue weighted by atomic mass is 10.0. The minimum atomic E-state index is -3.98. The molecule has 34 heavy (non-hydrogen) atoms. The number of sulfonamides is 1. The van der Waals surface area contributed by atoms with Crippen molar-refractivity contribution in [3.05, 3.63) is 69.7 Å². The number of rotatable bonds is 4. The third-order valence-electron chi connectivity index (χ3n) is 5.55. The van der Waals surface area contributed by atoms with Crippen LogP contribution in [0.2, 0.25) is 5.02 Å². The molecular formula is C21H18ClN5O5S2. The zero-order valence-electron chi connectivity index (χ0n) is 17.8. The zero-order chi connectivity index (χ0) is 24.3. The van der Waals surface area contributed by atoms with Gasteiger partial charge in [-0.15, -0.1) is 0 Å². The highest BCUT2D eigenvalue weighted by Crippen LogP contribution is 2.33. The van der Waals surface area contributed by atoms with E-state index in [0.29, 0.717) is 18.7 Å². The summed E-state index contributed by atoms with van der Waals surface area (Å²) in [5.41, 5.74) is 1.05. The lowest BCUT2D eigenvalue weighted by Crippen LogP contribution is -2.35. The van der Waals surface area contributed by atoms with Crippen molar-refractivity contribution < 1.29 is 16.8 Å². The van der Waals surface area contributed by atoms with Gasteiger partial charge in [0.05, 0.1) is 27.5 Å². The number of para-hydroxylation sites is 1. The van der Waals surface area contributed by atoms with Crippen LogP contribution in [0.4, 0.5) is 5.69 Å². The van der Waals surface area contributed by atoms with Crippen LogP contribution in [-0.4, -0.2) is 49.2 Å². The first-order valence-electron chi connectivity index (χ1n) is 10.2. The first-order chi connectivity index (χ1) is 16.1. The highest BCUT2D eigenvalue weighted by atomic mass is 35.5. The number of hydrogen-bond donors (Lipinski definition) is 1. The predicted molar refractivity (Wildman–Crippen MR) is 127 cm³/mol. The van der Waals surface area contributed by atoms with Gasteiger partial charge in [0, 0.05) is 12.8 Å². The van der Waals surface area contributed by atoms with Crippen LogP contribution in [-0.2, 0) is 26.3 Å². The number of aryl methyl sites for hydroxylation is 1. The number of nitrogens with zero attached hydrogens (tertiary/aromatic N) is 4. The molecule has 0 amide bonds. The number of hydrogen-bond acceptors (Lipinski definition) is 7. The third-order valence-corrected chi connectivity index (χ3v) is 8.54. The van der Waals surface area contributed by atoms with Crippen molar-refractivity contribution in [2.24, 2.45) is 0 Å². The molecule has 1 aliphatic heterocycles. The number of anilines is 1. The normalized spacial score (nSPS) is 14.4. The van der Waals surface area contributed by atoms with Gasteiger partial charge in [0.2, 0.25) is 15.0 Å². The summed E-state index contributed by atoms with van der Waals surface area (Å²) in [6, 6.07) is 11.3. The summed E-state index contributed by atoms with van der Waals surface area (Å²) in [6.45, 7) is 0.315. The Labute approximate surface area is 199 Å².